The van der Waals surface area contributed by atoms with Gasteiger partial charge in [-0.25, -0.2) is 4.98 Å². The minimum Gasteiger partial charge on any atom is -0.248 e. The molecule has 2 aliphatic carbocycles. The average Bonchev–Trinajstić information content (AvgIpc) is 3.81. The van der Waals surface area contributed by atoms with Crippen LogP contribution in [0.1, 0.15) is 27.8 Å². The minimum atomic E-state index is -0.425. The van der Waals surface area contributed by atoms with Gasteiger partial charge in [-0.2, -0.15) is 0 Å². The molecule has 62 heavy (non-hydrogen) atoms. The number of benzene rings is 9. The highest BCUT2D eigenvalue weighted by molar-refractivity contribution is 6.01. The van der Waals surface area contributed by atoms with Crippen molar-refractivity contribution >= 4 is 0 Å². The first kappa shape index (κ1) is 36.0. The summed E-state index contributed by atoms with van der Waals surface area (Å²) < 4.78 is 0. The largest absolute Gasteiger partial charge is 0.248 e. The number of nitrogens with zero attached hydrogens (tertiary/aromatic N) is 1. The van der Waals surface area contributed by atoms with Gasteiger partial charge in [-0.1, -0.05) is 212 Å². The number of hydrogen-bond acceptors (Lipinski definition) is 1. The predicted octanol–water partition coefficient (Wildman–Crippen LogP) is 15.7. The van der Waals surface area contributed by atoms with Gasteiger partial charge in [-0.05, 0) is 120 Å². The molecular weight excluding hydrogens is 747 g/mol. The second-order valence-electron chi connectivity index (χ2n) is 16.6. The van der Waals surface area contributed by atoms with E-state index < -0.39 is 5.41 Å². The molecule has 10 aromatic rings. The Balaban J connectivity index is 0.965. The summed E-state index contributed by atoms with van der Waals surface area (Å²) in [5, 5.41) is 0. The first-order valence-corrected chi connectivity index (χ1v) is 21.5. The molecule has 1 aromatic heterocycles. The lowest BCUT2D eigenvalue weighted by Gasteiger charge is -2.33. The molecule has 0 radical (unpaired) electrons. The molecule has 1 heteroatoms. The maximum atomic E-state index is 5.17. The van der Waals surface area contributed by atoms with Crippen LogP contribution in [0.2, 0.25) is 0 Å². The van der Waals surface area contributed by atoms with Crippen LogP contribution in [0, 0.1) is 6.92 Å². The van der Waals surface area contributed by atoms with E-state index in [2.05, 4.69) is 231 Å². The average molecular weight is 788 g/mol. The molecule has 1 spiro atoms. The Morgan fingerprint density at radius 3 is 1.18 bits per heavy atom. The molecular formula is C61H41N. The van der Waals surface area contributed by atoms with E-state index in [1.54, 1.807) is 0 Å². The maximum absolute atomic E-state index is 5.17. The first-order chi connectivity index (χ1) is 30.7. The number of rotatable bonds is 6. The van der Waals surface area contributed by atoms with E-state index in [0.717, 1.165) is 28.1 Å². The van der Waals surface area contributed by atoms with Gasteiger partial charge >= 0.3 is 0 Å². The Morgan fingerprint density at radius 1 is 0.290 bits per heavy atom. The molecule has 9 aromatic carbocycles. The van der Waals surface area contributed by atoms with E-state index in [4.69, 9.17) is 4.98 Å². The second-order valence-corrected chi connectivity index (χ2v) is 16.6. The summed E-state index contributed by atoms with van der Waals surface area (Å²) in [6.07, 6.45) is 0. The van der Waals surface area contributed by atoms with Crippen molar-refractivity contribution in [2.24, 2.45) is 0 Å². The molecule has 0 unspecified atom stereocenters. The van der Waals surface area contributed by atoms with Crippen molar-refractivity contribution in [3.63, 3.8) is 0 Å². The minimum absolute atomic E-state index is 0.425. The van der Waals surface area contributed by atoms with Crippen molar-refractivity contribution < 1.29 is 0 Å². The van der Waals surface area contributed by atoms with Gasteiger partial charge in [0.15, 0.2) is 0 Å². The van der Waals surface area contributed by atoms with Crippen LogP contribution in [0.3, 0.4) is 0 Å². The zero-order valence-electron chi connectivity index (χ0n) is 34.4. The van der Waals surface area contributed by atoms with Crippen LogP contribution in [0.15, 0.2) is 231 Å². The zero-order valence-corrected chi connectivity index (χ0v) is 34.4. The Hall–Kier alpha value is -7.87. The van der Waals surface area contributed by atoms with Crippen molar-refractivity contribution in [2.45, 2.75) is 12.3 Å². The summed E-state index contributed by atoms with van der Waals surface area (Å²) in [6, 6.07) is 84.3. The molecule has 12 rings (SSSR count). The van der Waals surface area contributed by atoms with E-state index in [-0.39, 0.29) is 0 Å². The van der Waals surface area contributed by atoms with Crippen LogP contribution < -0.4 is 0 Å². The van der Waals surface area contributed by atoms with Gasteiger partial charge in [0.05, 0.1) is 16.8 Å². The summed E-state index contributed by atoms with van der Waals surface area (Å²) in [5.74, 6) is 0. The Bertz CT molecular complexity index is 3210. The van der Waals surface area contributed by atoms with E-state index in [0.29, 0.717) is 0 Å². The molecule has 0 N–H and O–H groups in total. The summed E-state index contributed by atoms with van der Waals surface area (Å²) in [6.45, 7) is 2.33. The summed E-state index contributed by atoms with van der Waals surface area (Å²) in [4.78, 5) is 5.17. The molecule has 1 heterocycles. The molecule has 1 nitrogen and oxygen atoms in total. The fraction of sp³-hybridized carbons (Fsp3) is 0.0328. The fourth-order valence-electron chi connectivity index (χ4n) is 10.5. The molecule has 0 saturated heterocycles. The second kappa shape index (κ2) is 14.4. The van der Waals surface area contributed by atoms with Crippen LogP contribution >= 0.6 is 0 Å². The molecule has 0 atom stereocenters. The highest BCUT2D eigenvalue weighted by Crippen LogP contribution is 2.65. The monoisotopic (exact) mass is 787 g/mol. The number of hydrogen-bond donors (Lipinski definition) is 0. The van der Waals surface area contributed by atoms with Crippen LogP contribution in [0.25, 0.3) is 89.3 Å². The lowest BCUT2D eigenvalue weighted by Crippen LogP contribution is -2.27. The summed E-state index contributed by atoms with van der Waals surface area (Å²) in [5.41, 5.74) is 25.5. The smallest absolute Gasteiger partial charge is 0.0731 e. The van der Waals surface area contributed by atoms with E-state index >= 15 is 0 Å². The highest BCUT2D eigenvalue weighted by atomic mass is 14.7. The SMILES string of the molecule is Cc1c(-c2ccc(-c3ccc(-c4cc(-c5ccccc5)cc(-c5ccccc5)n4)cc3)cc2)cc2c(c1-c1ccccc1)C1(c3ccccc3-c3ccccc31)c1ccccc1-2. The third-order valence-electron chi connectivity index (χ3n) is 13.3. The predicted molar refractivity (Wildman–Crippen MR) is 258 cm³/mol. The molecule has 0 aliphatic heterocycles. The Kier molecular flexibility index (Phi) is 8.37. The molecule has 0 fully saturated rings. The molecule has 0 bridgehead atoms. The first-order valence-electron chi connectivity index (χ1n) is 21.5. The van der Waals surface area contributed by atoms with Gasteiger partial charge in [0.1, 0.15) is 0 Å². The number of fused-ring (bicyclic) bond motifs is 10. The molecule has 0 amide bonds. The third-order valence-corrected chi connectivity index (χ3v) is 13.3. The van der Waals surface area contributed by atoms with Gasteiger partial charge in [-0.3, -0.25) is 0 Å². The molecule has 0 saturated carbocycles. The summed E-state index contributed by atoms with van der Waals surface area (Å²) >= 11 is 0. The Labute approximate surface area is 363 Å². The topological polar surface area (TPSA) is 12.9 Å². The Morgan fingerprint density at radius 2 is 0.661 bits per heavy atom. The van der Waals surface area contributed by atoms with Gasteiger partial charge in [0, 0.05) is 11.1 Å². The lowest BCUT2D eigenvalue weighted by molar-refractivity contribution is 0.795. The maximum Gasteiger partial charge on any atom is 0.0731 e. The van der Waals surface area contributed by atoms with Crippen molar-refractivity contribution in [2.75, 3.05) is 0 Å². The quantitative estimate of drug-likeness (QED) is 0.164. The van der Waals surface area contributed by atoms with Crippen LogP contribution in [0.5, 0.6) is 0 Å². The highest BCUT2D eigenvalue weighted by Gasteiger charge is 2.53. The fourth-order valence-corrected chi connectivity index (χ4v) is 10.5. The lowest BCUT2D eigenvalue weighted by atomic mass is 9.67. The zero-order chi connectivity index (χ0) is 41.2. The molecule has 2 aliphatic rings. The van der Waals surface area contributed by atoms with E-state index in [1.165, 1.54) is 89.0 Å². The normalized spacial score (nSPS) is 12.7. The summed E-state index contributed by atoms with van der Waals surface area (Å²) in [7, 11) is 0. The molecule has 290 valence electrons. The van der Waals surface area contributed by atoms with Crippen LogP contribution in [-0.2, 0) is 5.41 Å². The van der Waals surface area contributed by atoms with Gasteiger partial charge < -0.3 is 0 Å². The van der Waals surface area contributed by atoms with Gasteiger partial charge in [-0.15, -0.1) is 0 Å². The van der Waals surface area contributed by atoms with Crippen LogP contribution in [-0.4, -0.2) is 4.98 Å². The van der Waals surface area contributed by atoms with E-state index in [1.807, 2.05) is 6.07 Å². The number of pyridine rings is 1. The van der Waals surface area contributed by atoms with Crippen molar-refractivity contribution in [1.82, 2.24) is 4.98 Å². The number of aromatic nitrogens is 1. The van der Waals surface area contributed by atoms with Gasteiger partial charge in [0.2, 0.25) is 0 Å². The van der Waals surface area contributed by atoms with Crippen molar-refractivity contribution in [1.29, 1.82) is 0 Å². The van der Waals surface area contributed by atoms with E-state index in [9.17, 15) is 0 Å². The van der Waals surface area contributed by atoms with Crippen molar-refractivity contribution in [3.8, 4) is 89.3 Å². The van der Waals surface area contributed by atoms with Crippen molar-refractivity contribution in [3.05, 3.63) is 258 Å². The van der Waals surface area contributed by atoms with Crippen LogP contribution in [0.4, 0.5) is 0 Å². The third kappa shape index (κ3) is 5.52. The standard InChI is InChI=1S/C61H41N/c1-40-52(44-33-29-42(30-34-44)43-31-35-46(36-32-43)58-38-48(41-17-5-2-6-18-41)37-57(62-58)45-19-7-3-8-20-45)39-53-51-25-13-16-28-56(51)61(60(53)59(40)47-21-9-4-10-22-47)54-26-14-11-23-49(54)50-24-12-15-27-55(50)61/h2-39H,1H3. The van der Waals surface area contributed by atoms with Gasteiger partial charge in [0.25, 0.3) is 0 Å².